The van der Waals surface area contributed by atoms with Crippen LogP contribution in [0.4, 0.5) is 0 Å². The van der Waals surface area contributed by atoms with E-state index in [2.05, 4.69) is 5.10 Å². The number of para-hydroxylation sites is 1. The van der Waals surface area contributed by atoms with E-state index in [-0.39, 0.29) is 19.9 Å². The number of benzene rings is 1. The third-order valence-electron chi connectivity index (χ3n) is 2.38. The highest BCUT2D eigenvalue weighted by atomic mass is 16.5. The van der Waals surface area contributed by atoms with E-state index in [0.717, 1.165) is 10.9 Å². The van der Waals surface area contributed by atoms with Crippen molar-refractivity contribution in [2.75, 3.05) is 6.73 Å². The predicted octanol–water partition coefficient (Wildman–Crippen LogP) is 0.554. The Morgan fingerprint density at radius 3 is 2.94 bits per heavy atom. The Hall–Kier alpha value is -1.92. The Kier molecular flexibility index (Phi) is 3.36. The summed E-state index contributed by atoms with van der Waals surface area (Å²) in [5, 5.41) is 13.9. The number of aliphatic carboxylic acids is 1. The molecule has 0 atom stereocenters. The van der Waals surface area contributed by atoms with Crippen LogP contribution in [0, 0.1) is 0 Å². The molecule has 2 aromatic rings. The van der Waals surface area contributed by atoms with Crippen LogP contribution >= 0.6 is 0 Å². The topological polar surface area (TPSA) is 90.4 Å². The Morgan fingerprint density at radius 2 is 2.24 bits per heavy atom. The van der Waals surface area contributed by atoms with Crippen molar-refractivity contribution < 1.29 is 14.6 Å². The SMILES string of the molecule is NCOCc1nn(CC(=O)O)c2ccccc12. The minimum Gasteiger partial charge on any atom is -0.480 e. The van der Waals surface area contributed by atoms with E-state index in [1.54, 1.807) is 0 Å². The van der Waals surface area contributed by atoms with Crippen molar-refractivity contribution in [3.05, 3.63) is 30.0 Å². The van der Waals surface area contributed by atoms with Crippen LogP contribution in [0.1, 0.15) is 5.69 Å². The molecule has 90 valence electrons. The summed E-state index contributed by atoms with van der Waals surface area (Å²) in [5.74, 6) is -0.926. The fourth-order valence-corrected chi connectivity index (χ4v) is 1.71. The van der Waals surface area contributed by atoms with Gasteiger partial charge in [0.1, 0.15) is 6.54 Å². The monoisotopic (exact) mass is 235 g/mol. The van der Waals surface area contributed by atoms with Crippen LogP contribution in [0.15, 0.2) is 24.3 Å². The average molecular weight is 235 g/mol. The van der Waals surface area contributed by atoms with Crippen LogP contribution in [0.2, 0.25) is 0 Å². The van der Waals surface area contributed by atoms with Crippen molar-refractivity contribution in [3.8, 4) is 0 Å². The standard InChI is InChI=1S/C11H13N3O3/c12-7-17-6-9-8-3-1-2-4-10(8)14(13-9)5-11(15)16/h1-4H,5-7,12H2,(H,15,16). The van der Waals surface area contributed by atoms with E-state index in [9.17, 15) is 4.79 Å². The molecule has 0 bridgehead atoms. The highest BCUT2D eigenvalue weighted by Gasteiger charge is 2.11. The van der Waals surface area contributed by atoms with Gasteiger partial charge in [-0.2, -0.15) is 5.10 Å². The number of hydrogen-bond donors (Lipinski definition) is 2. The molecule has 0 spiro atoms. The van der Waals surface area contributed by atoms with Crippen LogP contribution in [0.25, 0.3) is 10.9 Å². The summed E-state index contributed by atoms with van der Waals surface area (Å²) in [4.78, 5) is 10.7. The molecule has 1 aromatic carbocycles. The van der Waals surface area contributed by atoms with Gasteiger partial charge >= 0.3 is 5.97 Å². The van der Waals surface area contributed by atoms with Crippen molar-refractivity contribution in [3.63, 3.8) is 0 Å². The van der Waals surface area contributed by atoms with Gasteiger partial charge < -0.3 is 15.6 Å². The van der Waals surface area contributed by atoms with Crippen LogP contribution in [-0.4, -0.2) is 27.6 Å². The summed E-state index contributed by atoms with van der Waals surface area (Å²) in [6.07, 6.45) is 0. The molecule has 2 rings (SSSR count). The number of carbonyl (C=O) groups is 1. The molecule has 0 aliphatic heterocycles. The lowest BCUT2D eigenvalue weighted by atomic mass is 10.2. The summed E-state index contributed by atoms with van der Waals surface area (Å²) < 4.78 is 6.55. The molecule has 0 aliphatic carbocycles. The number of hydrogen-bond acceptors (Lipinski definition) is 4. The first-order valence-corrected chi connectivity index (χ1v) is 5.16. The van der Waals surface area contributed by atoms with E-state index in [1.165, 1.54) is 4.68 Å². The third kappa shape index (κ3) is 2.43. The summed E-state index contributed by atoms with van der Waals surface area (Å²) in [6.45, 7) is 0.229. The van der Waals surface area contributed by atoms with Gasteiger partial charge in [0, 0.05) is 5.39 Å². The number of rotatable bonds is 5. The fourth-order valence-electron chi connectivity index (χ4n) is 1.71. The Morgan fingerprint density at radius 1 is 1.47 bits per heavy atom. The van der Waals surface area contributed by atoms with E-state index in [1.807, 2.05) is 24.3 Å². The highest BCUT2D eigenvalue weighted by Crippen LogP contribution is 2.18. The maximum atomic E-state index is 10.7. The number of carboxylic acid groups (broad SMARTS) is 1. The van der Waals surface area contributed by atoms with Crippen LogP contribution in [0.3, 0.4) is 0 Å². The molecule has 1 aromatic heterocycles. The number of nitrogens with two attached hydrogens (primary N) is 1. The summed E-state index contributed by atoms with van der Waals surface area (Å²) in [7, 11) is 0. The average Bonchev–Trinajstić information content (AvgIpc) is 2.65. The van der Waals surface area contributed by atoms with Crippen molar-refractivity contribution in [2.45, 2.75) is 13.2 Å². The number of ether oxygens (including phenoxy) is 1. The summed E-state index contributed by atoms with van der Waals surface area (Å²) >= 11 is 0. The van der Waals surface area contributed by atoms with Gasteiger partial charge in [-0.05, 0) is 6.07 Å². The minimum atomic E-state index is -0.926. The van der Waals surface area contributed by atoms with E-state index in [4.69, 9.17) is 15.6 Å². The molecular formula is C11H13N3O3. The zero-order valence-corrected chi connectivity index (χ0v) is 9.17. The molecule has 0 unspecified atom stereocenters. The minimum absolute atomic E-state index is 0.111. The molecular weight excluding hydrogens is 222 g/mol. The Balaban J connectivity index is 2.42. The number of aromatic nitrogens is 2. The van der Waals surface area contributed by atoms with Gasteiger partial charge in [0.05, 0.1) is 24.5 Å². The third-order valence-corrected chi connectivity index (χ3v) is 2.38. The molecule has 0 fully saturated rings. The zero-order chi connectivity index (χ0) is 12.3. The molecule has 0 saturated carbocycles. The second-order valence-corrected chi connectivity index (χ2v) is 3.53. The van der Waals surface area contributed by atoms with Crippen LogP contribution < -0.4 is 5.73 Å². The molecule has 0 amide bonds. The largest absolute Gasteiger partial charge is 0.480 e. The Labute approximate surface area is 97.6 Å². The van der Waals surface area contributed by atoms with Gasteiger partial charge in [0.15, 0.2) is 0 Å². The number of nitrogens with zero attached hydrogens (tertiary/aromatic N) is 2. The Bertz CT molecular complexity index is 536. The molecule has 6 nitrogen and oxygen atoms in total. The smallest absolute Gasteiger partial charge is 0.325 e. The molecule has 3 N–H and O–H groups in total. The molecule has 6 heteroatoms. The molecule has 17 heavy (non-hydrogen) atoms. The van der Waals surface area contributed by atoms with E-state index >= 15 is 0 Å². The first-order chi connectivity index (χ1) is 8.22. The molecule has 0 aliphatic rings. The van der Waals surface area contributed by atoms with Crippen molar-refractivity contribution in [2.24, 2.45) is 5.73 Å². The number of fused-ring (bicyclic) bond motifs is 1. The lowest BCUT2D eigenvalue weighted by Crippen LogP contribution is -2.10. The molecule has 0 radical (unpaired) electrons. The van der Waals surface area contributed by atoms with Gasteiger partial charge in [0.25, 0.3) is 0 Å². The first-order valence-electron chi connectivity index (χ1n) is 5.16. The van der Waals surface area contributed by atoms with Crippen molar-refractivity contribution in [1.82, 2.24) is 9.78 Å². The fraction of sp³-hybridized carbons (Fsp3) is 0.273. The lowest BCUT2D eigenvalue weighted by Gasteiger charge is -1.97. The van der Waals surface area contributed by atoms with Gasteiger partial charge in [-0.1, -0.05) is 18.2 Å². The van der Waals surface area contributed by atoms with Gasteiger partial charge in [-0.3, -0.25) is 9.48 Å². The quantitative estimate of drug-likeness (QED) is 0.739. The van der Waals surface area contributed by atoms with Crippen molar-refractivity contribution >= 4 is 16.9 Å². The zero-order valence-electron chi connectivity index (χ0n) is 9.17. The van der Waals surface area contributed by atoms with Crippen LogP contribution in [0.5, 0.6) is 0 Å². The first kappa shape index (κ1) is 11.6. The van der Waals surface area contributed by atoms with Crippen molar-refractivity contribution in [1.29, 1.82) is 0 Å². The van der Waals surface area contributed by atoms with E-state index in [0.29, 0.717) is 5.69 Å². The predicted molar refractivity (Wildman–Crippen MR) is 61.2 cm³/mol. The van der Waals surface area contributed by atoms with Gasteiger partial charge in [-0.15, -0.1) is 0 Å². The summed E-state index contributed by atoms with van der Waals surface area (Å²) in [6, 6.07) is 7.43. The van der Waals surface area contributed by atoms with E-state index < -0.39 is 5.97 Å². The summed E-state index contributed by atoms with van der Waals surface area (Å²) in [5.41, 5.74) is 6.74. The maximum absolute atomic E-state index is 10.7. The molecule has 1 heterocycles. The molecule has 0 saturated heterocycles. The maximum Gasteiger partial charge on any atom is 0.325 e. The van der Waals surface area contributed by atoms with Gasteiger partial charge in [0.2, 0.25) is 0 Å². The second-order valence-electron chi connectivity index (χ2n) is 3.53. The number of carboxylic acids is 1. The normalized spacial score (nSPS) is 10.9. The highest BCUT2D eigenvalue weighted by molar-refractivity contribution is 5.83. The van der Waals surface area contributed by atoms with Crippen LogP contribution in [-0.2, 0) is 22.7 Å². The van der Waals surface area contributed by atoms with Gasteiger partial charge in [-0.25, -0.2) is 0 Å². The lowest BCUT2D eigenvalue weighted by molar-refractivity contribution is -0.137. The second kappa shape index (κ2) is 4.94.